The molecule has 19 heavy (non-hydrogen) atoms. The van der Waals surface area contributed by atoms with Gasteiger partial charge in [0, 0.05) is 25.7 Å². The highest BCUT2D eigenvalue weighted by molar-refractivity contribution is 5.84. The molecule has 0 aromatic carbocycles. The Hall–Kier alpha value is -1.34. The molecule has 0 saturated heterocycles. The molecule has 112 valence electrons. The van der Waals surface area contributed by atoms with Gasteiger partial charge in [0.15, 0.2) is 0 Å². The highest BCUT2D eigenvalue weighted by Gasteiger charge is 2.26. The first-order valence-corrected chi connectivity index (χ1v) is 6.29. The molecule has 0 aromatic heterocycles. The Morgan fingerprint density at radius 1 is 1.42 bits per heavy atom. The second-order valence-corrected chi connectivity index (χ2v) is 5.03. The SMILES string of the molecule is CC/C(CCN(C(=O)OC(C)(C)C)C(O)O)=N\NC. The first-order valence-electron chi connectivity index (χ1n) is 6.29. The highest BCUT2D eigenvalue weighted by atomic mass is 16.6. The fraction of sp³-hybridized carbons (Fsp3) is 0.833. The molecule has 0 atom stereocenters. The average molecular weight is 275 g/mol. The van der Waals surface area contributed by atoms with Gasteiger partial charge >= 0.3 is 6.09 Å². The quantitative estimate of drug-likeness (QED) is 0.380. The molecule has 0 aliphatic carbocycles. The molecule has 0 fully saturated rings. The molecule has 7 heteroatoms. The second-order valence-electron chi connectivity index (χ2n) is 5.03. The fourth-order valence-corrected chi connectivity index (χ4v) is 1.34. The maximum absolute atomic E-state index is 11.8. The topological polar surface area (TPSA) is 94.4 Å². The van der Waals surface area contributed by atoms with E-state index in [1.807, 2.05) is 6.92 Å². The van der Waals surface area contributed by atoms with Gasteiger partial charge in [-0.2, -0.15) is 5.10 Å². The molecule has 3 N–H and O–H groups in total. The van der Waals surface area contributed by atoms with Crippen molar-refractivity contribution < 1.29 is 19.7 Å². The van der Waals surface area contributed by atoms with Gasteiger partial charge in [0.1, 0.15) is 5.60 Å². The molecule has 0 heterocycles. The summed E-state index contributed by atoms with van der Waals surface area (Å²) in [6.07, 6.45) is -1.50. The van der Waals surface area contributed by atoms with Crippen molar-refractivity contribution in [3.05, 3.63) is 0 Å². The molecule has 0 spiro atoms. The summed E-state index contributed by atoms with van der Waals surface area (Å²) in [7, 11) is 1.68. The largest absolute Gasteiger partial charge is 0.444 e. The van der Waals surface area contributed by atoms with Crippen molar-refractivity contribution in [1.29, 1.82) is 0 Å². The number of ether oxygens (including phenoxy) is 1. The lowest BCUT2D eigenvalue weighted by Gasteiger charge is -2.28. The van der Waals surface area contributed by atoms with E-state index in [9.17, 15) is 15.0 Å². The lowest BCUT2D eigenvalue weighted by Crippen LogP contribution is -2.44. The van der Waals surface area contributed by atoms with Crippen molar-refractivity contribution in [2.24, 2.45) is 5.10 Å². The molecule has 0 aliphatic rings. The third-order valence-electron chi connectivity index (χ3n) is 2.23. The molecular weight excluding hydrogens is 250 g/mol. The monoisotopic (exact) mass is 275 g/mol. The summed E-state index contributed by atoms with van der Waals surface area (Å²) in [4.78, 5) is 12.6. The van der Waals surface area contributed by atoms with Gasteiger partial charge in [0.05, 0.1) is 0 Å². The summed E-state index contributed by atoms with van der Waals surface area (Å²) in [5.41, 5.74) is 2.81. The predicted octanol–water partition coefficient (Wildman–Crippen LogP) is 0.867. The highest BCUT2D eigenvalue weighted by Crippen LogP contribution is 2.11. The van der Waals surface area contributed by atoms with Gasteiger partial charge in [-0.3, -0.25) is 4.90 Å². The van der Waals surface area contributed by atoms with Gasteiger partial charge in [-0.25, -0.2) is 4.79 Å². The van der Waals surface area contributed by atoms with Gasteiger partial charge < -0.3 is 20.4 Å². The number of aliphatic hydroxyl groups excluding tert-OH is 1. The minimum Gasteiger partial charge on any atom is -0.444 e. The average Bonchev–Trinajstić information content (AvgIpc) is 2.24. The molecule has 0 aliphatic heterocycles. The maximum Gasteiger partial charge on any atom is 0.414 e. The predicted molar refractivity (Wildman–Crippen MR) is 72.6 cm³/mol. The lowest BCUT2D eigenvalue weighted by molar-refractivity contribution is -0.146. The first kappa shape index (κ1) is 17.7. The third-order valence-corrected chi connectivity index (χ3v) is 2.23. The van der Waals surface area contributed by atoms with Crippen LogP contribution in [0.25, 0.3) is 0 Å². The number of hydrogen-bond acceptors (Lipinski definition) is 6. The van der Waals surface area contributed by atoms with Crippen LogP contribution in [0.15, 0.2) is 5.10 Å². The van der Waals surface area contributed by atoms with E-state index in [1.54, 1.807) is 27.8 Å². The Kier molecular flexibility index (Phi) is 7.40. The van der Waals surface area contributed by atoms with E-state index in [0.29, 0.717) is 12.8 Å². The Balaban J connectivity index is 4.58. The van der Waals surface area contributed by atoms with Crippen LogP contribution in [0.1, 0.15) is 40.5 Å². The molecular formula is C12H25N3O4. The van der Waals surface area contributed by atoms with Gasteiger partial charge in [-0.05, 0) is 27.2 Å². The molecule has 0 radical (unpaired) electrons. The molecule has 0 saturated carbocycles. The normalized spacial score (nSPS) is 12.5. The number of aliphatic hydroxyl groups is 2. The minimum absolute atomic E-state index is 0.126. The van der Waals surface area contributed by atoms with E-state index < -0.39 is 18.1 Å². The summed E-state index contributed by atoms with van der Waals surface area (Å²) in [5.74, 6) is 0. The van der Waals surface area contributed by atoms with Crippen LogP contribution in [0.4, 0.5) is 4.79 Å². The summed E-state index contributed by atoms with van der Waals surface area (Å²) < 4.78 is 5.10. The number of hydrazone groups is 1. The zero-order valence-electron chi connectivity index (χ0n) is 12.3. The van der Waals surface area contributed by atoms with Crippen molar-refractivity contribution in [1.82, 2.24) is 10.3 Å². The first-order chi connectivity index (χ1) is 8.71. The van der Waals surface area contributed by atoms with Crippen LogP contribution in [0.3, 0.4) is 0 Å². The van der Waals surface area contributed by atoms with Gasteiger partial charge in [0.2, 0.25) is 6.41 Å². The third kappa shape index (κ3) is 7.63. The summed E-state index contributed by atoms with van der Waals surface area (Å²) in [6.45, 7) is 7.20. The maximum atomic E-state index is 11.8. The van der Waals surface area contributed by atoms with Crippen molar-refractivity contribution >= 4 is 11.8 Å². The van der Waals surface area contributed by atoms with Gasteiger partial charge in [-0.15, -0.1) is 0 Å². The van der Waals surface area contributed by atoms with Gasteiger partial charge in [-0.1, -0.05) is 6.92 Å². The van der Waals surface area contributed by atoms with Crippen LogP contribution < -0.4 is 5.43 Å². The number of hydrogen-bond donors (Lipinski definition) is 3. The number of carbonyl (C=O) groups is 1. The van der Waals surface area contributed by atoms with Crippen LogP contribution in [0.5, 0.6) is 0 Å². The Morgan fingerprint density at radius 3 is 2.37 bits per heavy atom. The van der Waals surface area contributed by atoms with E-state index in [1.165, 1.54) is 0 Å². The molecule has 0 bridgehead atoms. The van der Waals surface area contributed by atoms with Crippen LogP contribution >= 0.6 is 0 Å². The smallest absolute Gasteiger partial charge is 0.414 e. The zero-order chi connectivity index (χ0) is 15.1. The number of carbonyl (C=O) groups excluding carboxylic acids is 1. The number of amides is 1. The number of nitrogens with zero attached hydrogens (tertiary/aromatic N) is 2. The van der Waals surface area contributed by atoms with Crippen molar-refractivity contribution in [3.63, 3.8) is 0 Å². The molecule has 0 aromatic rings. The van der Waals surface area contributed by atoms with E-state index in [4.69, 9.17) is 4.74 Å². The van der Waals surface area contributed by atoms with E-state index in [0.717, 1.165) is 10.6 Å². The van der Waals surface area contributed by atoms with Gasteiger partial charge in [0.25, 0.3) is 0 Å². The van der Waals surface area contributed by atoms with E-state index in [-0.39, 0.29) is 6.54 Å². The zero-order valence-corrected chi connectivity index (χ0v) is 12.3. The van der Waals surface area contributed by atoms with Crippen LogP contribution in [-0.4, -0.2) is 52.5 Å². The number of nitrogens with one attached hydrogen (secondary N) is 1. The molecule has 1 amide bonds. The summed E-state index contributed by atoms with van der Waals surface area (Å²) in [6, 6.07) is 0. The Bertz CT molecular complexity index is 311. The standard InChI is InChI=1S/C12H25N3O4/c1-6-9(14-13-5)7-8-15(10(16)17)11(18)19-12(2,3)4/h10,13,16-17H,6-8H2,1-5H3/b14-9+. The van der Waals surface area contributed by atoms with Crippen molar-refractivity contribution in [2.75, 3.05) is 13.6 Å². The van der Waals surface area contributed by atoms with Crippen LogP contribution in [0, 0.1) is 0 Å². The summed E-state index contributed by atoms with van der Waals surface area (Å²) in [5, 5.41) is 22.5. The molecule has 0 unspecified atom stereocenters. The minimum atomic E-state index is -1.89. The Labute approximate surface area is 114 Å². The van der Waals surface area contributed by atoms with E-state index >= 15 is 0 Å². The fourth-order valence-electron chi connectivity index (χ4n) is 1.34. The van der Waals surface area contributed by atoms with E-state index in [2.05, 4.69) is 10.5 Å². The molecule has 0 rings (SSSR count). The summed E-state index contributed by atoms with van der Waals surface area (Å²) >= 11 is 0. The molecule has 7 nitrogen and oxygen atoms in total. The lowest BCUT2D eigenvalue weighted by atomic mass is 10.2. The number of rotatable bonds is 6. The Morgan fingerprint density at radius 2 is 2.00 bits per heavy atom. The second kappa shape index (κ2) is 7.96. The van der Waals surface area contributed by atoms with Crippen molar-refractivity contribution in [3.8, 4) is 0 Å². The van der Waals surface area contributed by atoms with Crippen LogP contribution in [0.2, 0.25) is 0 Å². The van der Waals surface area contributed by atoms with Crippen molar-refractivity contribution in [2.45, 2.75) is 52.6 Å². The van der Waals surface area contributed by atoms with Crippen LogP contribution in [-0.2, 0) is 4.74 Å².